The Morgan fingerprint density at radius 3 is 2.53 bits per heavy atom. The Labute approximate surface area is 104 Å². The van der Waals surface area contributed by atoms with E-state index in [1.54, 1.807) is 0 Å². The van der Waals surface area contributed by atoms with Gasteiger partial charge in [-0.3, -0.25) is 0 Å². The van der Waals surface area contributed by atoms with Gasteiger partial charge in [0.05, 0.1) is 11.1 Å². The van der Waals surface area contributed by atoms with Crippen molar-refractivity contribution in [2.45, 2.75) is 25.9 Å². The van der Waals surface area contributed by atoms with Gasteiger partial charge < -0.3 is 10.8 Å². The van der Waals surface area contributed by atoms with Crippen molar-refractivity contribution in [3.05, 3.63) is 34.4 Å². The van der Waals surface area contributed by atoms with Crippen molar-refractivity contribution in [2.24, 2.45) is 11.7 Å². The molecular weight excluding hydrogens is 248 g/mol. The SMILES string of the molecule is CCCC(CN)C(O)c1cc(F)c(Cl)cc1F. The highest BCUT2D eigenvalue weighted by Gasteiger charge is 2.23. The molecule has 0 aliphatic heterocycles. The highest BCUT2D eigenvalue weighted by Crippen LogP contribution is 2.30. The van der Waals surface area contributed by atoms with Gasteiger partial charge in [0.2, 0.25) is 0 Å². The highest BCUT2D eigenvalue weighted by atomic mass is 35.5. The van der Waals surface area contributed by atoms with Crippen molar-refractivity contribution in [1.29, 1.82) is 0 Å². The molecule has 0 radical (unpaired) electrons. The minimum absolute atomic E-state index is 0.0872. The second-order valence-corrected chi connectivity index (χ2v) is 4.42. The molecule has 1 aromatic carbocycles. The van der Waals surface area contributed by atoms with E-state index in [1.807, 2.05) is 6.92 Å². The minimum Gasteiger partial charge on any atom is -0.388 e. The van der Waals surface area contributed by atoms with Gasteiger partial charge in [-0.15, -0.1) is 0 Å². The van der Waals surface area contributed by atoms with Gasteiger partial charge in [-0.25, -0.2) is 8.78 Å². The largest absolute Gasteiger partial charge is 0.388 e. The average Bonchev–Trinajstić information content (AvgIpc) is 2.30. The van der Waals surface area contributed by atoms with Gasteiger partial charge in [0.15, 0.2) is 0 Å². The van der Waals surface area contributed by atoms with Gasteiger partial charge in [-0.1, -0.05) is 24.9 Å². The third-order valence-corrected chi connectivity index (χ3v) is 3.06. The topological polar surface area (TPSA) is 46.2 Å². The first-order valence-electron chi connectivity index (χ1n) is 5.53. The molecule has 0 saturated carbocycles. The molecule has 5 heteroatoms. The summed E-state index contributed by atoms with van der Waals surface area (Å²) in [6, 6.07) is 1.80. The standard InChI is InChI=1S/C12H16ClF2NO/c1-2-3-7(6-16)12(17)8-4-11(15)9(13)5-10(8)14/h4-5,7,12,17H,2-3,6,16H2,1H3. The first-order valence-corrected chi connectivity index (χ1v) is 5.91. The summed E-state index contributed by atoms with van der Waals surface area (Å²) in [6.45, 7) is 2.16. The molecule has 0 heterocycles. The van der Waals surface area contributed by atoms with E-state index in [1.165, 1.54) is 0 Å². The molecule has 2 atom stereocenters. The van der Waals surface area contributed by atoms with Crippen molar-refractivity contribution in [2.75, 3.05) is 6.54 Å². The van der Waals surface area contributed by atoms with Crippen molar-refractivity contribution in [3.63, 3.8) is 0 Å². The Morgan fingerprint density at radius 2 is 2.00 bits per heavy atom. The Morgan fingerprint density at radius 1 is 1.35 bits per heavy atom. The summed E-state index contributed by atoms with van der Waals surface area (Å²) in [4.78, 5) is 0. The maximum Gasteiger partial charge on any atom is 0.142 e. The monoisotopic (exact) mass is 263 g/mol. The maximum absolute atomic E-state index is 13.6. The lowest BCUT2D eigenvalue weighted by molar-refractivity contribution is 0.103. The summed E-state index contributed by atoms with van der Waals surface area (Å²) in [6.07, 6.45) is 0.365. The number of hydrogen-bond acceptors (Lipinski definition) is 2. The second kappa shape index (κ2) is 6.28. The van der Waals surface area contributed by atoms with Crippen LogP contribution < -0.4 is 5.73 Å². The molecule has 0 bridgehead atoms. The molecule has 2 unspecified atom stereocenters. The van der Waals surface area contributed by atoms with Crippen LogP contribution in [0.15, 0.2) is 12.1 Å². The fraction of sp³-hybridized carbons (Fsp3) is 0.500. The van der Waals surface area contributed by atoms with Crippen LogP contribution in [-0.2, 0) is 0 Å². The van der Waals surface area contributed by atoms with E-state index in [2.05, 4.69) is 0 Å². The average molecular weight is 264 g/mol. The zero-order valence-corrected chi connectivity index (χ0v) is 10.3. The van der Waals surface area contributed by atoms with Gasteiger partial charge in [0, 0.05) is 11.5 Å². The third-order valence-electron chi connectivity index (χ3n) is 2.77. The van der Waals surface area contributed by atoms with Gasteiger partial charge >= 0.3 is 0 Å². The quantitative estimate of drug-likeness (QED) is 0.802. The molecule has 3 N–H and O–H groups in total. The fourth-order valence-corrected chi connectivity index (χ4v) is 1.94. The number of hydrogen-bond donors (Lipinski definition) is 2. The summed E-state index contributed by atoms with van der Waals surface area (Å²) in [5.74, 6) is -1.73. The van der Waals surface area contributed by atoms with Crippen LogP contribution in [0.4, 0.5) is 8.78 Å². The van der Waals surface area contributed by atoms with E-state index >= 15 is 0 Å². The normalized spacial score (nSPS) is 14.7. The van der Waals surface area contributed by atoms with Crippen molar-refractivity contribution in [1.82, 2.24) is 0 Å². The predicted octanol–water partition coefficient (Wildman–Crippen LogP) is 3.03. The van der Waals surface area contributed by atoms with Crippen LogP contribution in [0.1, 0.15) is 31.4 Å². The molecule has 0 saturated heterocycles. The second-order valence-electron chi connectivity index (χ2n) is 4.02. The van der Waals surface area contributed by atoms with Gasteiger partial charge in [-0.05, 0) is 25.1 Å². The summed E-state index contributed by atoms with van der Waals surface area (Å²) >= 11 is 5.44. The lowest BCUT2D eigenvalue weighted by Crippen LogP contribution is -2.22. The molecule has 0 aromatic heterocycles. The third kappa shape index (κ3) is 3.37. The van der Waals surface area contributed by atoms with Crippen LogP contribution >= 0.6 is 11.6 Å². The van der Waals surface area contributed by atoms with Gasteiger partial charge in [0.1, 0.15) is 11.6 Å². The van der Waals surface area contributed by atoms with Gasteiger partial charge in [-0.2, -0.15) is 0 Å². The van der Waals surface area contributed by atoms with E-state index < -0.39 is 17.7 Å². The zero-order chi connectivity index (χ0) is 13.0. The van der Waals surface area contributed by atoms with Crippen molar-refractivity contribution < 1.29 is 13.9 Å². The Kier molecular flexibility index (Phi) is 5.31. The van der Waals surface area contributed by atoms with E-state index in [0.29, 0.717) is 6.42 Å². The molecule has 0 fully saturated rings. The lowest BCUT2D eigenvalue weighted by atomic mass is 9.91. The number of benzene rings is 1. The Bertz CT molecular complexity index is 387. The summed E-state index contributed by atoms with van der Waals surface area (Å²) in [7, 11) is 0. The molecule has 0 aliphatic rings. The van der Waals surface area contributed by atoms with E-state index in [-0.39, 0.29) is 23.0 Å². The first-order chi connectivity index (χ1) is 8.01. The summed E-state index contributed by atoms with van der Waals surface area (Å²) < 4.78 is 26.8. The number of halogens is 3. The van der Waals surface area contributed by atoms with E-state index in [4.69, 9.17) is 17.3 Å². The van der Waals surface area contributed by atoms with Crippen LogP contribution in [-0.4, -0.2) is 11.7 Å². The Balaban J connectivity index is 3.02. The number of rotatable bonds is 5. The number of aliphatic hydroxyl groups is 1. The maximum atomic E-state index is 13.6. The molecule has 96 valence electrons. The number of nitrogens with two attached hydrogens (primary N) is 1. The smallest absolute Gasteiger partial charge is 0.142 e. The summed E-state index contributed by atoms with van der Waals surface area (Å²) in [5.41, 5.74) is 5.43. The molecule has 0 aliphatic carbocycles. The van der Waals surface area contributed by atoms with Crippen LogP contribution in [0.2, 0.25) is 5.02 Å². The van der Waals surface area contributed by atoms with Crippen LogP contribution in [0, 0.1) is 17.6 Å². The molecule has 1 rings (SSSR count). The Hall–Kier alpha value is -0.710. The minimum atomic E-state index is -1.10. The zero-order valence-electron chi connectivity index (χ0n) is 9.59. The fourth-order valence-electron chi connectivity index (χ4n) is 1.79. The molecular formula is C12H16ClF2NO. The van der Waals surface area contributed by atoms with Crippen LogP contribution in [0.5, 0.6) is 0 Å². The summed E-state index contributed by atoms with van der Waals surface area (Å²) in [5, 5.41) is 9.68. The van der Waals surface area contributed by atoms with Crippen LogP contribution in [0.3, 0.4) is 0 Å². The molecule has 2 nitrogen and oxygen atoms in total. The molecule has 1 aromatic rings. The number of aliphatic hydroxyl groups excluding tert-OH is 1. The molecule has 0 amide bonds. The molecule has 17 heavy (non-hydrogen) atoms. The first kappa shape index (κ1) is 14.4. The van der Waals surface area contributed by atoms with Crippen molar-refractivity contribution in [3.8, 4) is 0 Å². The van der Waals surface area contributed by atoms with Gasteiger partial charge in [0.25, 0.3) is 0 Å². The lowest BCUT2D eigenvalue weighted by Gasteiger charge is -2.21. The van der Waals surface area contributed by atoms with Crippen LogP contribution in [0.25, 0.3) is 0 Å². The predicted molar refractivity (Wildman–Crippen MR) is 63.8 cm³/mol. The molecule has 0 spiro atoms. The highest BCUT2D eigenvalue weighted by molar-refractivity contribution is 6.30. The van der Waals surface area contributed by atoms with Crippen molar-refractivity contribution >= 4 is 11.6 Å². The van der Waals surface area contributed by atoms with E-state index in [0.717, 1.165) is 18.6 Å². The van der Waals surface area contributed by atoms with E-state index in [9.17, 15) is 13.9 Å².